The standard InChI is InChI=1S/C10H14IN7/c11-3-4(12)1-2(5(13)8(3)16)7(15)10(18)9(17)6(1)14/h12-18H2. The molecule has 2 aromatic carbocycles. The van der Waals surface area contributed by atoms with Gasteiger partial charge in [0.15, 0.2) is 0 Å². The van der Waals surface area contributed by atoms with E-state index in [1.807, 2.05) is 22.6 Å². The fourth-order valence-electron chi connectivity index (χ4n) is 1.90. The van der Waals surface area contributed by atoms with Crippen molar-refractivity contribution >= 4 is 73.2 Å². The van der Waals surface area contributed by atoms with Gasteiger partial charge in [-0.15, -0.1) is 0 Å². The zero-order chi connectivity index (χ0) is 13.8. The summed E-state index contributed by atoms with van der Waals surface area (Å²) < 4.78 is 0.618. The number of hydrogen-bond donors (Lipinski definition) is 7. The highest BCUT2D eigenvalue weighted by Gasteiger charge is 2.20. The summed E-state index contributed by atoms with van der Waals surface area (Å²) >= 11 is 1.99. The molecule has 0 unspecified atom stereocenters. The first kappa shape index (κ1) is 12.5. The summed E-state index contributed by atoms with van der Waals surface area (Å²) in [7, 11) is 0. The monoisotopic (exact) mass is 359 g/mol. The maximum Gasteiger partial charge on any atom is 0.0810 e. The molecule has 0 bridgehead atoms. The zero-order valence-corrected chi connectivity index (χ0v) is 11.6. The average molecular weight is 359 g/mol. The number of rotatable bonds is 0. The predicted octanol–water partition coefficient (Wildman–Crippen LogP) is 0.520. The summed E-state index contributed by atoms with van der Waals surface area (Å²) in [6.45, 7) is 0. The van der Waals surface area contributed by atoms with Crippen LogP contribution in [0.2, 0.25) is 0 Å². The van der Waals surface area contributed by atoms with Crippen molar-refractivity contribution in [3.05, 3.63) is 3.57 Å². The molecule has 0 aliphatic carbocycles. The van der Waals surface area contributed by atoms with Crippen LogP contribution < -0.4 is 40.1 Å². The average Bonchev–Trinajstić information content (AvgIpc) is 2.35. The highest BCUT2D eigenvalue weighted by Crippen LogP contribution is 2.47. The van der Waals surface area contributed by atoms with Crippen molar-refractivity contribution in [2.45, 2.75) is 0 Å². The summed E-state index contributed by atoms with van der Waals surface area (Å²) in [6.07, 6.45) is 0. The van der Waals surface area contributed by atoms with Crippen LogP contribution in [0.3, 0.4) is 0 Å². The van der Waals surface area contributed by atoms with Gasteiger partial charge < -0.3 is 40.1 Å². The van der Waals surface area contributed by atoms with Crippen molar-refractivity contribution < 1.29 is 0 Å². The molecule has 0 spiro atoms. The van der Waals surface area contributed by atoms with E-state index < -0.39 is 0 Å². The SMILES string of the molecule is Nc1c(N)c(N)c2c(N)c(I)c(N)c(N)c2c1N. The van der Waals surface area contributed by atoms with Gasteiger partial charge in [0.2, 0.25) is 0 Å². The van der Waals surface area contributed by atoms with E-state index in [4.69, 9.17) is 40.1 Å². The molecule has 0 atom stereocenters. The maximum absolute atomic E-state index is 6.00. The number of halogens is 1. The predicted molar refractivity (Wildman–Crippen MR) is 87.6 cm³/mol. The third-order valence-corrected chi connectivity index (χ3v) is 4.12. The normalized spacial score (nSPS) is 10.9. The molecule has 0 fully saturated rings. The van der Waals surface area contributed by atoms with Crippen LogP contribution in [0.4, 0.5) is 39.8 Å². The molecule has 0 aliphatic rings. The van der Waals surface area contributed by atoms with Gasteiger partial charge in [-0.05, 0) is 22.6 Å². The molecule has 2 aromatic rings. The molecule has 14 N–H and O–H groups in total. The molecule has 0 aliphatic heterocycles. The summed E-state index contributed by atoms with van der Waals surface area (Å²) in [5.74, 6) is 0. The summed E-state index contributed by atoms with van der Waals surface area (Å²) in [5, 5.41) is 0.949. The van der Waals surface area contributed by atoms with E-state index in [1.165, 1.54) is 0 Å². The van der Waals surface area contributed by atoms with E-state index in [2.05, 4.69) is 0 Å². The Bertz CT molecular complexity index is 567. The Labute approximate surface area is 117 Å². The zero-order valence-electron chi connectivity index (χ0n) is 9.42. The molecular formula is C10H14IN7. The van der Waals surface area contributed by atoms with E-state index >= 15 is 0 Å². The van der Waals surface area contributed by atoms with Gasteiger partial charge in [-0.1, -0.05) is 0 Å². The van der Waals surface area contributed by atoms with Gasteiger partial charge in [0.05, 0.1) is 43.4 Å². The van der Waals surface area contributed by atoms with Crippen LogP contribution in [-0.2, 0) is 0 Å². The van der Waals surface area contributed by atoms with E-state index in [1.54, 1.807) is 0 Å². The van der Waals surface area contributed by atoms with Gasteiger partial charge >= 0.3 is 0 Å². The number of anilines is 7. The Balaban J connectivity index is 3.22. The van der Waals surface area contributed by atoms with Crippen LogP contribution >= 0.6 is 22.6 Å². The summed E-state index contributed by atoms with van der Waals surface area (Å²) in [5.41, 5.74) is 43.2. The van der Waals surface area contributed by atoms with Gasteiger partial charge in [0.25, 0.3) is 0 Å². The molecule has 0 amide bonds. The van der Waals surface area contributed by atoms with E-state index in [9.17, 15) is 0 Å². The minimum absolute atomic E-state index is 0.187. The molecule has 2 rings (SSSR count). The molecule has 0 saturated carbocycles. The number of benzene rings is 2. The molecule has 18 heavy (non-hydrogen) atoms. The highest BCUT2D eigenvalue weighted by molar-refractivity contribution is 14.1. The van der Waals surface area contributed by atoms with Gasteiger partial charge in [-0.2, -0.15) is 0 Å². The van der Waals surface area contributed by atoms with E-state index in [0.717, 1.165) is 0 Å². The van der Waals surface area contributed by atoms with Gasteiger partial charge in [0.1, 0.15) is 0 Å². The maximum atomic E-state index is 6.00. The Morgan fingerprint density at radius 1 is 0.444 bits per heavy atom. The first-order valence-corrected chi connectivity index (χ1v) is 6.04. The smallest absolute Gasteiger partial charge is 0.0810 e. The van der Waals surface area contributed by atoms with Crippen LogP contribution in [0.25, 0.3) is 10.8 Å². The van der Waals surface area contributed by atoms with Gasteiger partial charge in [-0.25, -0.2) is 0 Å². The molecule has 0 radical (unpaired) electrons. The lowest BCUT2D eigenvalue weighted by Gasteiger charge is -2.18. The third-order valence-electron chi connectivity index (χ3n) is 2.96. The molecule has 8 heteroatoms. The minimum Gasteiger partial charge on any atom is -0.397 e. The number of nitrogen functional groups attached to an aromatic ring is 7. The molecule has 7 nitrogen and oxygen atoms in total. The summed E-state index contributed by atoms with van der Waals surface area (Å²) in [4.78, 5) is 0. The van der Waals surface area contributed by atoms with Crippen molar-refractivity contribution in [2.24, 2.45) is 0 Å². The Morgan fingerprint density at radius 3 is 1.22 bits per heavy atom. The van der Waals surface area contributed by atoms with Crippen LogP contribution in [0.5, 0.6) is 0 Å². The largest absolute Gasteiger partial charge is 0.397 e. The van der Waals surface area contributed by atoms with Crippen LogP contribution in [0.15, 0.2) is 0 Å². The Hall–Kier alpha value is -1.97. The van der Waals surface area contributed by atoms with Crippen molar-refractivity contribution in [3.8, 4) is 0 Å². The number of nitrogens with two attached hydrogens (primary N) is 7. The molecule has 0 heterocycles. The summed E-state index contributed by atoms with van der Waals surface area (Å²) in [6, 6.07) is 0. The first-order chi connectivity index (χ1) is 8.29. The van der Waals surface area contributed by atoms with Crippen LogP contribution in [0.1, 0.15) is 0 Å². The van der Waals surface area contributed by atoms with E-state index in [-0.39, 0.29) is 22.7 Å². The van der Waals surface area contributed by atoms with Crippen LogP contribution in [-0.4, -0.2) is 0 Å². The van der Waals surface area contributed by atoms with Crippen molar-refractivity contribution in [1.82, 2.24) is 0 Å². The number of fused-ring (bicyclic) bond motifs is 1. The Morgan fingerprint density at radius 2 is 0.778 bits per heavy atom. The molecule has 0 saturated heterocycles. The fourth-order valence-corrected chi connectivity index (χ4v) is 2.46. The lowest BCUT2D eigenvalue weighted by Crippen LogP contribution is -2.10. The van der Waals surface area contributed by atoms with Gasteiger partial charge in [0, 0.05) is 10.8 Å². The van der Waals surface area contributed by atoms with Crippen molar-refractivity contribution in [2.75, 3.05) is 40.1 Å². The van der Waals surface area contributed by atoms with Crippen LogP contribution in [0, 0.1) is 3.57 Å². The quantitative estimate of drug-likeness (QED) is 0.264. The second-order valence-electron chi connectivity index (χ2n) is 3.96. The highest BCUT2D eigenvalue weighted by atomic mass is 127. The third kappa shape index (κ3) is 1.35. The van der Waals surface area contributed by atoms with E-state index in [0.29, 0.717) is 31.4 Å². The van der Waals surface area contributed by atoms with Crippen molar-refractivity contribution in [1.29, 1.82) is 0 Å². The van der Waals surface area contributed by atoms with Crippen molar-refractivity contribution in [3.63, 3.8) is 0 Å². The van der Waals surface area contributed by atoms with Gasteiger partial charge in [-0.3, -0.25) is 0 Å². The molecular weight excluding hydrogens is 345 g/mol. The lowest BCUT2D eigenvalue weighted by atomic mass is 9.99. The molecule has 0 aromatic heterocycles. The topological polar surface area (TPSA) is 182 Å². The lowest BCUT2D eigenvalue weighted by molar-refractivity contribution is 1.62. The number of hydrogen-bond acceptors (Lipinski definition) is 7. The second-order valence-corrected chi connectivity index (χ2v) is 5.04. The Kier molecular flexibility index (Phi) is 2.61. The first-order valence-electron chi connectivity index (χ1n) is 4.96. The molecule has 96 valence electrons. The fraction of sp³-hybridized carbons (Fsp3) is 0. The minimum atomic E-state index is 0.187. The second kappa shape index (κ2) is 3.77.